The van der Waals surface area contributed by atoms with Crippen LogP contribution in [0.15, 0.2) is 22.7 Å². The number of nitrogens with zero attached hydrogens (tertiary/aromatic N) is 1. The summed E-state index contributed by atoms with van der Waals surface area (Å²) in [4.78, 5) is 6.24. The molecule has 1 aliphatic rings. The van der Waals surface area contributed by atoms with Gasteiger partial charge in [-0.2, -0.15) is 0 Å². The van der Waals surface area contributed by atoms with E-state index < -0.39 is 0 Å². The molecule has 2 N–H and O–H groups in total. The van der Waals surface area contributed by atoms with E-state index in [0.29, 0.717) is 0 Å². The summed E-state index contributed by atoms with van der Waals surface area (Å²) in [6, 6.07) is 6.24. The number of thiazole rings is 1. The molecule has 3 aromatic rings. The van der Waals surface area contributed by atoms with Crippen molar-refractivity contribution in [3.63, 3.8) is 0 Å². The van der Waals surface area contributed by atoms with Gasteiger partial charge in [0.25, 0.3) is 0 Å². The Balaban J connectivity index is 1.95. The quantitative estimate of drug-likeness (QED) is 0.680. The van der Waals surface area contributed by atoms with Gasteiger partial charge in [-0.25, -0.2) is 4.98 Å². The summed E-state index contributed by atoms with van der Waals surface area (Å²) in [5.41, 5.74) is 9.91. The number of benzene rings is 1. The molecule has 1 aliphatic carbocycles. The van der Waals surface area contributed by atoms with E-state index >= 15 is 0 Å². The van der Waals surface area contributed by atoms with E-state index in [0.717, 1.165) is 26.4 Å². The van der Waals surface area contributed by atoms with Gasteiger partial charge in [-0.15, -0.1) is 22.7 Å². The summed E-state index contributed by atoms with van der Waals surface area (Å²) in [6.07, 6.45) is 3.59. The molecule has 0 spiro atoms. The summed E-state index contributed by atoms with van der Waals surface area (Å²) < 4.78 is 2.29. The van der Waals surface area contributed by atoms with Crippen molar-refractivity contribution < 1.29 is 0 Å². The number of aromatic nitrogens is 1. The molecule has 5 heteroatoms. The first kappa shape index (κ1) is 11.9. The lowest BCUT2D eigenvalue weighted by molar-refractivity contribution is 0.915. The standard InChI is InChI=1S/C14H11BrN2S2/c15-7-4-5-11-9(6-7)17-14(19-11)12-8-2-1-3-10(8)18-13(12)16/h4-6H,1-3,16H2. The summed E-state index contributed by atoms with van der Waals surface area (Å²) >= 11 is 6.98. The second-order valence-electron chi connectivity index (χ2n) is 4.73. The lowest BCUT2D eigenvalue weighted by Gasteiger charge is -1.98. The minimum absolute atomic E-state index is 0.933. The van der Waals surface area contributed by atoms with Crippen LogP contribution in [0.2, 0.25) is 0 Å². The first-order valence-corrected chi connectivity index (χ1v) is 8.61. The highest BCUT2D eigenvalue weighted by atomic mass is 79.9. The molecule has 0 fully saturated rings. The van der Waals surface area contributed by atoms with Crippen molar-refractivity contribution in [2.45, 2.75) is 19.3 Å². The van der Waals surface area contributed by atoms with Crippen LogP contribution in [0.1, 0.15) is 16.9 Å². The van der Waals surface area contributed by atoms with E-state index in [9.17, 15) is 0 Å². The van der Waals surface area contributed by atoms with Crippen LogP contribution in [-0.2, 0) is 12.8 Å². The summed E-state index contributed by atoms with van der Waals surface area (Å²) in [6.45, 7) is 0. The topological polar surface area (TPSA) is 38.9 Å². The minimum Gasteiger partial charge on any atom is -0.390 e. The highest BCUT2D eigenvalue weighted by Crippen LogP contribution is 2.45. The van der Waals surface area contributed by atoms with Crippen LogP contribution in [0, 0.1) is 0 Å². The van der Waals surface area contributed by atoms with Gasteiger partial charge in [0.2, 0.25) is 0 Å². The second-order valence-corrected chi connectivity index (χ2v) is 7.81. The molecule has 0 atom stereocenters. The molecule has 2 aromatic heterocycles. The highest BCUT2D eigenvalue weighted by molar-refractivity contribution is 9.10. The van der Waals surface area contributed by atoms with E-state index in [-0.39, 0.29) is 0 Å². The molecule has 0 saturated carbocycles. The molecule has 2 nitrogen and oxygen atoms in total. The first-order chi connectivity index (χ1) is 9.22. The average Bonchev–Trinajstić information content (AvgIpc) is 3.01. The number of anilines is 1. The maximum absolute atomic E-state index is 6.21. The van der Waals surface area contributed by atoms with Gasteiger partial charge in [-0.1, -0.05) is 15.9 Å². The van der Waals surface area contributed by atoms with Gasteiger partial charge in [0.05, 0.1) is 15.2 Å². The zero-order valence-electron chi connectivity index (χ0n) is 10.1. The SMILES string of the molecule is Nc1sc2c(c1-c1nc3cc(Br)ccc3s1)CCC2. The number of nitrogen functional groups attached to an aromatic ring is 1. The van der Waals surface area contributed by atoms with E-state index in [2.05, 4.69) is 34.1 Å². The zero-order valence-corrected chi connectivity index (χ0v) is 13.3. The number of halogens is 1. The van der Waals surface area contributed by atoms with Crippen molar-refractivity contribution >= 4 is 53.8 Å². The van der Waals surface area contributed by atoms with Crippen molar-refractivity contribution in [1.29, 1.82) is 0 Å². The summed E-state index contributed by atoms with van der Waals surface area (Å²) in [5, 5.41) is 2.01. The monoisotopic (exact) mass is 350 g/mol. The molecule has 0 amide bonds. The van der Waals surface area contributed by atoms with E-state index in [1.54, 1.807) is 22.7 Å². The molecule has 96 valence electrons. The van der Waals surface area contributed by atoms with Crippen LogP contribution in [0.3, 0.4) is 0 Å². The number of rotatable bonds is 1. The third-order valence-electron chi connectivity index (χ3n) is 3.51. The van der Waals surface area contributed by atoms with Gasteiger partial charge >= 0.3 is 0 Å². The Bertz CT molecular complexity index is 788. The van der Waals surface area contributed by atoms with Gasteiger partial charge in [-0.3, -0.25) is 0 Å². The number of hydrogen-bond donors (Lipinski definition) is 1. The lowest BCUT2D eigenvalue weighted by atomic mass is 10.1. The van der Waals surface area contributed by atoms with E-state index in [1.807, 2.05) is 0 Å². The van der Waals surface area contributed by atoms with Gasteiger partial charge in [-0.05, 0) is 43.0 Å². The molecular weight excluding hydrogens is 340 g/mol. The fourth-order valence-corrected chi connectivity index (χ4v) is 5.28. The fourth-order valence-electron chi connectivity index (χ4n) is 2.67. The van der Waals surface area contributed by atoms with Crippen LogP contribution in [0.5, 0.6) is 0 Å². The lowest BCUT2D eigenvalue weighted by Crippen LogP contribution is -1.87. The van der Waals surface area contributed by atoms with Crippen LogP contribution >= 0.6 is 38.6 Å². The predicted molar refractivity (Wildman–Crippen MR) is 87.1 cm³/mol. The summed E-state index contributed by atoms with van der Waals surface area (Å²) in [7, 11) is 0. The van der Waals surface area contributed by atoms with Gasteiger partial charge in [0.1, 0.15) is 5.01 Å². The zero-order chi connectivity index (χ0) is 13.0. The normalized spacial score (nSPS) is 14.2. The minimum atomic E-state index is 0.933. The Hall–Kier alpha value is -0.910. The van der Waals surface area contributed by atoms with Gasteiger partial charge in [0, 0.05) is 14.9 Å². The molecule has 0 bridgehead atoms. The highest BCUT2D eigenvalue weighted by Gasteiger charge is 2.23. The summed E-state index contributed by atoms with van der Waals surface area (Å²) in [5.74, 6) is 0. The van der Waals surface area contributed by atoms with Gasteiger partial charge < -0.3 is 5.73 Å². The fraction of sp³-hybridized carbons (Fsp3) is 0.214. The Morgan fingerprint density at radius 3 is 3.00 bits per heavy atom. The molecule has 4 rings (SSSR count). The molecule has 0 aliphatic heterocycles. The molecular formula is C14H11BrN2S2. The van der Waals surface area contributed by atoms with Crippen molar-refractivity contribution in [2.24, 2.45) is 0 Å². The van der Waals surface area contributed by atoms with Crippen molar-refractivity contribution in [3.05, 3.63) is 33.1 Å². The largest absolute Gasteiger partial charge is 0.390 e. The van der Waals surface area contributed by atoms with Crippen LogP contribution in [-0.4, -0.2) is 4.98 Å². The molecule has 2 heterocycles. The van der Waals surface area contributed by atoms with E-state index in [1.165, 1.54) is 33.5 Å². The van der Waals surface area contributed by atoms with Crippen molar-refractivity contribution in [3.8, 4) is 10.6 Å². The average molecular weight is 351 g/mol. The van der Waals surface area contributed by atoms with Crippen LogP contribution < -0.4 is 5.73 Å². The molecule has 1 aromatic carbocycles. The molecule has 19 heavy (non-hydrogen) atoms. The molecule has 0 unspecified atom stereocenters. The maximum atomic E-state index is 6.21. The van der Waals surface area contributed by atoms with Crippen LogP contribution in [0.25, 0.3) is 20.8 Å². The van der Waals surface area contributed by atoms with Crippen molar-refractivity contribution in [1.82, 2.24) is 4.98 Å². The van der Waals surface area contributed by atoms with E-state index in [4.69, 9.17) is 10.7 Å². The Kier molecular flexibility index (Phi) is 2.69. The number of nitrogens with two attached hydrogens (primary N) is 1. The molecule has 0 saturated heterocycles. The third kappa shape index (κ3) is 1.83. The van der Waals surface area contributed by atoms with Crippen molar-refractivity contribution in [2.75, 3.05) is 5.73 Å². The molecule has 0 radical (unpaired) electrons. The number of fused-ring (bicyclic) bond motifs is 2. The van der Waals surface area contributed by atoms with Crippen LogP contribution in [0.4, 0.5) is 5.00 Å². The Morgan fingerprint density at radius 1 is 1.21 bits per heavy atom. The smallest absolute Gasteiger partial charge is 0.127 e. The maximum Gasteiger partial charge on any atom is 0.127 e. The second kappa shape index (κ2) is 4.30. The first-order valence-electron chi connectivity index (χ1n) is 6.19. The Morgan fingerprint density at radius 2 is 2.11 bits per heavy atom. The number of aryl methyl sites for hydroxylation is 1. The predicted octanol–water partition coefficient (Wildman–Crippen LogP) is 4.86. The number of hydrogen-bond acceptors (Lipinski definition) is 4. The number of thiophene rings is 1. The Labute approximate surface area is 127 Å². The van der Waals surface area contributed by atoms with Gasteiger partial charge in [0.15, 0.2) is 0 Å². The third-order valence-corrected chi connectivity index (χ3v) is 6.18.